The number of aromatic nitrogens is 3. The molecule has 1 aliphatic heterocycles. The fraction of sp³-hybridized carbons (Fsp3) is 0.318. The Kier molecular flexibility index (Phi) is 5.86. The van der Waals surface area contributed by atoms with E-state index in [2.05, 4.69) is 15.8 Å². The number of benzene rings is 2. The number of hydrogen-bond donors (Lipinski definition) is 3. The summed E-state index contributed by atoms with van der Waals surface area (Å²) in [7, 11) is 0. The van der Waals surface area contributed by atoms with Gasteiger partial charge in [-0.15, -0.1) is 4.68 Å². The number of carbonyl (C=O) groups excluding carboxylic acids is 1. The van der Waals surface area contributed by atoms with Crippen molar-refractivity contribution < 1.29 is 9.48 Å². The Labute approximate surface area is 169 Å². The number of nitrogens with zero attached hydrogens (tertiary/aromatic N) is 2. The lowest BCUT2D eigenvalue weighted by atomic mass is 9.95. The van der Waals surface area contributed by atoms with Crippen LogP contribution in [-0.2, 0) is 6.54 Å². The maximum Gasteiger partial charge on any atom is 0.411 e. The van der Waals surface area contributed by atoms with E-state index >= 15 is 0 Å². The first-order chi connectivity index (χ1) is 14.2. The fourth-order valence-electron chi connectivity index (χ4n) is 3.76. The number of anilines is 1. The molecule has 3 N–H and O–H groups in total. The summed E-state index contributed by atoms with van der Waals surface area (Å²) in [5, 5.41) is 9.33. The number of piperidine rings is 1. The van der Waals surface area contributed by atoms with Crippen LogP contribution in [0.5, 0.6) is 0 Å². The van der Waals surface area contributed by atoms with E-state index < -0.39 is 5.91 Å². The number of rotatable bonds is 6. The largest absolute Gasteiger partial charge is 0.411 e. The van der Waals surface area contributed by atoms with Crippen molar-refractivity contribution in [3.05, 3.63) is 76.7 Å². The lowest BCUT2D eigenvalue weighted by Crippen LogP contribution is -2.46. The van der Waals surface area contributed by atoms with Crippen molar-refractivity contribution in [3.8, 4) is 5.69 Å². The van der Waals surface area contributed by atoms with Crippen molar-refractivity contribution in [1.82, 2.24) is 15.2 Å². The molecular formula is C22H26N5O2+. The second-order valence-electron chi connectivity index (χ2n) is 7.38. The average Bonchev–Trinajstić information content (AvgIpc) is 3.10. The van der Waals surface area contributed by atoms with Gasteiger partial charge < -0.3 is 10.6 Å². The van der Waals surface area contributed by atoms with Crippen molar-refractivity contribution in [2.45, 2.75) is 25.8 Å². The molecule has 29 heavy (non-hydrogen) atoms. The van der Waals surface area contributed by atoms with Crippen molar-refractivity contribution in [3.63, 3.8) is 0 Å². The fourth-order valence-corrected chi connectivity index (χ4v) is 3.76. The third-order valence-electron chi connectivity index (χ3n) is 5.38. The van der Waals surface area contributed by atoms with Crippen molar-refractivity contribution >= 4 is 11.6 Å². The van der Waals surface area contributed by atoms with E-state index in [9.17, 15) is 9.59 Å². The Balaban J connectivity index is 1.64. The van der Waals surface area contributed by atoms with Gasteiger partial charge >= 0.3 is 17.2 Å². The van der Waals surface area contributed by atoms with Gasteiger partial charge in [0, 0.05) is 5.69 Å². The monoisotopic (exact) mass is 392 g/mol. The van der Waals surface area contributed by atoms with Crippen molar-refractivity contribution in [2.24, 2.45) is 5.92 Å². The summed E-state index contributed by atoms with van der Waals surface area (Å²) in [6.45, 7) is 2.65. The number of hydrogen-bond acceptors (Lipinski definition) is 3. The van der Waals surface area contributed by atoms with Crippen LogP contribution in [-0.4, -0.2) is 28.9 Å². The van der Waals surface area contributed by atoms with E-state index in [1.165, 1.54) is 4.68 Å². The highest BCUT2D eigenvalue weighted by Gasteiger charge is 2.29. The minimum atomic E-state index is -0.405. The molecular weight excluding hydrogens is 366 g/mol. The Morgan fingerprint density at radius 3 is 2.38 bits per heavy atom. The zero-order valence-corrected chi connectivity index (χ0v) is 16.3. The number of nitrogens with one attached hydrogen (secondary N) is 3. The maximum atomic E-state index is 13.1. The van der Waals surface area contributed by atoms with E-state index in [0.29, 0.717) is 23.8 Å². The van der Waals surface area contributed by atoms with Crippen LogP contribution in [0.15, 0.2) is 65.5 Å². The van der Waals surface area contributed by atoms with Gasteiger partial charge in [-0.2, -0.15) is 0 Å². The van der Waals surface area contributed by atoms with E-state index in [0.717, 1.165) is 32.4 Å². The third-order valence-corrected chi connectivity index (χ3v) is 5.38. The Hall–Kier alpha value is -3.19. The lowest BCUT2D eigenvalue weighted by Gasteiger charge is -2.21. The normalized spacial score (nSPS) is 14.6. The minimum Gasteiger partial charge on any atom is -0.319 e. The molecule has 0 bridgehead atoms. The van der Waals surface area contributed by atoms with Crippen LogP contribution >= 0.6 is 0 Å². The first-order valence-electron chi connectivity index (χ1n) is 10.1. The molecule has 0 radical (unpaired) electrons. The molecule has 0 unspecified atom stereocenters. The Morgan fingerprint density at radius 2 is 1.69 bits per heavy atom. The zero-order chi connectivity index (χ0) is 20.1. The van der Waals surface area contributed by atoms with Gasteiger partial charge in [-0.05, 0) is 62.5 Å². The molecule has 1 amide bonds. The second kappa shape index (κ2) is 8.87. The molecule has 0 aliphatic carbocycles. The van der Waals surface area contributed by atoms with Crippen LogP contribution < -0.4 is 20.9 Å². The molecule has 0 spiro atoms. The molecule has 150 valence electrons. The molecule has 0 saturated carbocycles. The van der Waals surface area contributed by atoms with Gasteiger partial charge in [0.25, 0.3) is 0 Å². The predicted molar refractivity (Wildman–Crippen MR) is 111 cm³/mol. The van der Waals surface area contributed by atoms with Gasteiger partial charge in [0.15, 0.2) is 5.69 Å². The highest BCUT2D eigenvalue weighted by Crippen LogP contribution is 2.15. The lowest BCUT2D eigenvalue weighted by molar-refractivity contribution is -0.757. The Morgan fingerprint density at radius 1 is 1.03 bits per heavy atom. The van der Waals surface area contributed by atoms with Crippen LogP contribution in [0, 0.1) is 5.92 Å². The Bertz CT molecular complexity index is 1000. The quantitative estimate of drug-likeness (QED) is 0.562. The molecule has 7 nitrogen and oxygen atoms in total. The SMILES string of the molecule is O=C(Nc1ccccc1)c1c(=O)n(-c2ccccc2)[nH][n+]1CCC1CCNCC1. The van der Waals surface area contributed by atoms with E-state index in [-0.39, 0.29) is 11.3 Å². The summed E-state index contributed by atoms with van der Waals surface area (Å²) < 4.78 is 3.12. The van der Waals surface area contributed by atoms with Gasteiger partial charge in [0.1, 0.15) is 6.54 Å². The number of H-pyrrole nitrogens is 1. The maximum absolute atomic E-state index is 13.1. The molecule has 2 heterocycles. The second-order valence-corrected chi connectivity index (χ2v) is 7.38. The first-order valence-corrected chi connectivity index (χ1v) is 10.1. The molecule has 2 aromatic carbocycles. The van der Waals surface area contributed by atoms with Crippen LogP contribution in [0.2, 0.25) is 0 Å². The minimum absolute atomic E-state index is 0.117. The number of para-hydroxylation sites is 2. The van der Waals surface area contributed by atoms with Crippen LogP contribution in [0.4, 0.5) is 5.69 Å². The van der Waals surface area contributed by atoms with Crippen LogP contribution in [0.25, 0.3) is 5.69 Å². The topological polar surface area (TPSA) is 82.8 Å². The number of amides is 1. The number of carbonyl (C=O) groups is 1. The van der Waals surface area contributed by atoms with Crippen molar-refractivity contribution in [2.75, 3.05) is 18.4 Å². The van der Waals surface area contributed by atoms with Crippen LogP contribution in [0.3, 0.4) is 0 Å². The summed E-state index contributed by atoms with van der Waals surface area (Å²) in [6.07, 6.45) is 3.16. The molecule has 1 aromatic heterocycles. The highest BCUT2D eigenvalue weighted by molar-refractivity contribution is 6.01. The van der Waals surface area contributed by atoms with E-state index in [4.69, 9.17) is 0 Å². The number of aromatic amines is 1. The van der Waals surface area contributed by atoms with Gasteiger partial charge in [-0.3, -0.25) is 4.79 Å². The average molecular weight is 392 g/mol. The molecule has 1 saturated heterocycles. The molecule has 1 fully saturated rings. The highest BCUT2D eigenvalue weighted by atomic mass is 16.2. The van der Waals surface area contributed by atoms with Gasteiger partial charge in [-0.1, -0.05) is 46.3 Å². The summed E-state index contributed by atoms with van der Waals surface area (Å²) >= 11 is 0. The first kappa shape index (κ1) is 19.1. The number of aryl methyl sites for hydroxylation is 1. The molecule has 3 aromatic rings. The zero-order valence-electron chi connectivity index (χ0n) is 16.3. The standard InChI is InChI=1S/C22H25N5O2/c28-21(24-18-7-3-1-4-8-18)20-22(29)27(19-9-5-2-6-10-19)25-26(20)16-13-17-11-14-23-15-12-17/h1-10,17,23H,11-16H2,(H-,24,25,28,29)/p+1. The molecule has 1 aliphatic rings. The summed E-state index contributed by atoms with van der Waals surface area (Å²) in [6, 6.07) is 18.5. The van der Waals surface area contributed by atoms with Gasteiger partial charge in [-0.25, -0.2) is 4.79 Å². The van der Waals surface area contributed by atoms with Gasteiger partial charge in [0.05, 0.1) is 0 Å². The third kappa shape index (κ3) is 4.46. The van der Waals surface area contributed by atoms with Crippen LogP contribution in [0.1, 0.15) is 29.8 Å². The molecule has 4 rings (SSSR count). The summed E-state index contributed by atoms with van der Waals surface area (Å²) in [4.78, 5) is 26.1. The van der Waals surface area contributed by atoms with Crippen molar-refractivity contribution in [1.29, 1.82) is 0 Å². The molecule has 7 heteroatoms. The smallest absolute Gasteiger partial charge is 0.319 e. The summed E-state index contributed by atoms with van der Waals surface area (Å²) in [5.74, 6) is 0.190. The van der Waals surface area contributed by atoms with E-state index in [1.807, 2.05) is 48.5 Å². The summed E-state index contributed by atoms with van der Waals surface area (Å²) in [5.41, 5.74) is 1.13. The van der Waals surface area contributed by atoms with E-state index in [1.54, 1.807) is 16.8 Å². The molecule has 0 atom stereocenters. The van der Waals surface area contributed by atoms with Gasteiger partial charge in [0.2, 0.25) is 0 Å². The predicted octanol–water partition coefficient (Wildman–Crippen LogP) is 2.10.